The summed E-state index contributed by atoms with van der Waals surface area (Å²) < 4.78 is 26.1. The van der Waals surface area contributed by atoms with Crippen molar-refractivity contribution in [2.24, 2.45) is 0 Å². The average molecular weight is 473 g/mol. The summed E-state index contributed by atoms with van der Waals surface area (Å²) in [6.07, 6.45) is -0.0666. The quantitative estimate of drug-likeness (QED) is 0.447. The normalized spacial score (nSPS) is 10.3. The van der Waals surface area contributed by atoms with Crippen LogP contribution in [0.5, 0.6) is 23.0 Å². The Morgan fingerprint density at radius 2 is 1.61 bits per heavy atom. The number of methoxy groups -OCH3 is 4. The first-order valence-electron chi connectivity index (χ1n) is 9.81. The lowest BCUT2D eigenvalue weighted by Gasteiger charge is -2.14. The SMILES string of the molecule is COc1ccc(-c2csc(NC(=O)COC(=O)Cc3cc(OC)c(OC)c(OC)c3)n2)cc1. The van der Waals surface area contributed by atoms with E-state index < -0.39 is 18.5 Å². The summed E-state index contributed by atoms with van der Waals surface area (Å²) in [6, 6.07) is 10.7. The third-order valence-corrected chi connectivity index (χ3v) is 5.33. The molecule has 3 rings (SSSR count). The van der Waals surface area contributed by atoms with Gasteiger partial charge in [0.05, 0.1) is 40.6 Å². The second kappa shape index (κ2) is 11.2. The van der Waals surface area contributed by atoms with Gasteiger partial charge in [0.1, 0.15) is 5.75 Å². The van der Waals surface area contributed by atoms with Crippen LogP contribution in [0.15, 0.2) is 41.8 Å². The lowest BCUT2D eigenvalue weighted by atomic mass is 10.1. The van der Waals surface area contributed by atoms with Crippen LogP contribution in [-0.2, 0) is 20.7 Å². The Labute approximate surface area is 195 Å². The second-order valence-electron chi connectivity index (χ2n) is 6.69. The number of amides is 1. The molecule has 0 fully saturated rings. The van der Waals surface area contributed by atoms with Crippen molar-refractivity contribution in [2.75, 3.05) is 40.4 Å². The van der Waals surface area contributed by atoms with E-state index in [9.17, 15) is 9.59 Å². The number of rotatable bonds is 10. The van der Waals surface area contributed by atoms with Crippen molar-refractivity contribution in [2.45, 2.75) is 6.42 Å². The van der Waals surface area contributed by atoms with Crippen molar-refractivity contribution in [3.8, 4) is 34.3 Å². The van der Waals surface area contributed by atoms with E-state index in [-0.39, 0.29) is 6.42 Å². The van der Waals surface area contributed by atoms with Crippen molar-refractivity contribution in [1.82, 2.24) is 4.98 Å². The van der Waals surface area contributed by atoms with Crippen molar-refractivity contribution >= 4 is 28.3 Å². The number of nitrogens with one attached hydrogen (secondary N) is 1. The minimum Gasteiger partial charge on any atom is -0.497 e. The number of benzene rings is 2. The number of esters is 1. The van der Waals surface area contributed by atoms with Gasteiger partial charge in [0, 0.05) is 10.9 Å². The van der Waals surface area contributed by atoms with Gasteiger partial charge in [-0.1, -0.05) is 0 Å². The molecule has 0 aliphatic carbocycles. The van der Waals surface area contributed by atoms with Gasteiger partial charge >= 0.3 is 5.97 Å². The molecule has 0 aliphatic heterocycles. The summed E-state index contributed by atoms with van der Waals surface area (Å²) in [6.45, 7) is -0.430. The molecular weight excluding hydrogens is 448 g/mol. The number of carbonyl (C=O) groups excluding carboxylic acids is 2. The van der Waals surface area contributed by atoms with Gasteiger partial charge in [-0.05, 0) is 42.0 Å². The maximum Gasteiger partial charge on any atom is 0.310 e. The van der Waals surface area contributed by atoms with Crippen LogP contribution in [-0.4, -0.2) is 51.9 Å². The molecule has 9 nitrogen and oxygen atoms in total. The van der Waals surface area contributed by atoms with Crippen LogP contribution in [0.4, 0.5) is 5.13 Å². The van der Waals surface area contributed by atoms with Crippen LogP contribution in [0, 0.1) is 0 Å². The van der Waals surface area contributed by atoms with Gasteiger partial charge in [0.25, 0.3) is 5.91 Å². The van der Waals surface area contributed by atoms with E-state index in [1.54, 1.807) is 19.2 Å². The fraction of sp³-hybridized carbons (Fsp3) is 0.261. The van der Waals surface area contributed by atoms with E-state index in [0.717, 1.165) is 17.0 Å². The van der Waals surface area contributed by atoms with Gasteiger partial charge < -0.3 is 23.7 Å². The smallest absolute Gasteiger partial charge is 0.310 e. The molecule has 0 saturated carbocycles. The Bertz CT molecular complexity index is 1090. The van der Waals surface area contributed by atoms with Crippen molar-refractivity contribution < 1.29 is 33.3 Å². The maximum absolute atomic E-state index is 12.2. The number of ether oxygens (including phenoxy) is 5. The summed E-state index contributed by atoms with van der Waals surface area (Å²) in [4.78, 5) is 28.8. The Morgan fingerprint density at radius 3 is 2.18 bits per heavy atom. The van der Waals surface area contributed by atoms with Crippen LogP contribution >= 0.6 is 11.3 Å². The Morgan fingerprint density at radius 1 is 0.939 bits per heavy atom. The molecule has 3 aromatic rings. The molecule has 0 bridgehead atoms. The van der Waals surface area contributed by atoms with Crippen LogP contribution in [0.1, 0.15) is 5.56 Å². The predicted molar refractivity (Wildman–Crippen MR) is 123 cm³/mol. The maximum atomic E-state index is 12.2. The van der Waals surface area contributed by atoms with E-state index in [1.807, 2.05) is 29.6 Å². The molecule has 0 saturated heterocycles. The van der Waals surface area contributed by atoms with Gasteiger partial charge in [-0.15, -0.1) is 11.3 Å². The summed E-state index contributed by atoms with van der Waals surface area (Å²) in [7, 11) is 6.07. The van der Waals surface area contributed by atoms with Gasteiger partial charge in [-0.2, -0.15) is 0 Å². The molecule has 0 radical (unpaired) electrons. The zero-order valence-corrected chi connectivity index (χ0v) is 19.5. The van der Waals surface area contributed by atoms with Crippen LogP contribution in [0.2, 0.25) is 0 Å². The number of hydrogen-bond donors (Lipinski definition) is 1. The van der Waals surface area contributed by atoms with E-state index in [1.165, 1.54) is 32.7 Å². The Kier molecular flexibility index (Phi) is 8.09. The standard InChI is InChI=1S/C23H24N2O7S/c1-28-16-7-5-15(6-8-16)17-13-33-23(24-17)25-20(26)12-32-21(27)11-14-9-18(29-2)22(31-4)19(10-14)30-3/h5-10,13H,11-12H2,1-4H3,(H,24,25,26). The van der Waals surface area contributed by atoms with Crippen LogP contribution in [0.3, 0.4) is 0 Å². The fourth-order valence-electron chi connectivity index (χ4n) is 2.98. The number of thiazole rings is 1. The summed E-state index contributed by atoms with van der Waals surface area (Å²) in [5.74, 6) is 0.966. The molecule has 1 aromatic heterocycles. The molecule has 0 atom stereocenters. The molecule has 33 heavy (non-hydrogen) atoms. The minimum atomic E-state index is -0.572. The summed E-state index contributed by atoms with van der Waals surface area (Å²) >= 11 is 1.28. The first-order valence-corrected chi connectivity index (χ1v) is 10.7. The molecule has 10 heteroatoms. The fourth-order valence-corrected chi connectivity index (χ4v) is 3.72. The average Bonchev–Trinajstić information content (AvgIpc) is 3.30. The topological polar surface area (TPSA) is 105 Å². The number of anilines is 1. The van der Waals surface area contributed by atoms with Gasteiger partial charge in [-0.25, -0.2) is 4.98 Å². The molecule has 0 unspecified atom stereocenters. The predicted octanol–water partition coefficient (Wildman–Crippen LogP) is 3.57. The highest BCUT2D eigenvalue weighted by Crippen LogP contribution is 2.38. The number of carbonyl (C=O) groups is 2. The minimum absolute atomic E-state index is 0.0666. The zero-order valence-electron chi connectivity index (χ0n) is 18.7. The molecule has 1 N–H and O–H groups in total. The van der Waals surface area contributed by atoms with Crippen LogP contribution < -0.4 is 24.3 Å². The molecule has 2 aromatic carbocycles. The van der Waals surface area contributed by atoms with Gasteiger partial charge in [0.2, 0.25) is 5.75 Å². The van der Waals surface area contributed by atoms with E-state index in [2.05, 4.69) is 10.3 Å². The van der Waals surface area contributed by atoms with Crippen molar-refractivity contribution in [3.05, 3.63) is 47.3 Å². The highest BCUT2D eigenvalue weighted by atomic mass is 32.1. The first kappa shape index (κ1) is 23.9. The number of hydrogen-bond acceptors (Lipinski definition) is 9. The molecule has 174 valence electrons. The number of nitrogens with zero attached hydrogens (tertiary/aromatic N) is 1. The number of aromatic nitrogens is 1. The Balaban J connectivity index is 1.54. The molecule has 1 heterocycles. The zero-order chi connectivity index (χ0) is 23.8. The molecule has 0 aliphatic rings. The highest BCUT2D eigenvalue weighted by Gasteiger charge is 2.16. The van der Waals surface area contributed by atoms with Crippen molar-refractivity contribution in [3.63, 3.8) is 0 Å². The highest BCUT2D eigenvalue weighted by molar-refractivity contribution is 7.14. The van der Waals surface area contributed by atoms with E-state index in [0.29, 0.717) is 27.9 Å². The third-order valence-electron chi connectivity index (χ3n) is 4.57. The third kappa shape index (κ3) is 6.13. The van der Waals surface area contributed by atoms with Gasteiger partial charge in [-0.3, -0.25) is 14.9 Å². The lowest BCUT2D eigenvalue weighted by molar-refractivity contribution is -0.146. The van der Waals surface area contributed by atoms with Crippen LogP contribution in [0.25, 0.3) is 11.3 Å². The van der Waals surface area contributed by atoms with E-state index in [4.69, 9.17) is 23.7 Å². The van der Waals surface area contributed by atoms with Gasteiger partial charge in [0.15, 0.2) is 23.2 Å². The lowest BCUT2D eigenvalue weighted by Crippen LogP contribution is -2.21. The first-order chi connectivity index (χ1) is 16.0. The summed E-state index contributed by atoms with van der Waals surface area (Å²) in [5, 5.41) is 4.87. The largest absolute Gasteiger partial charge is 0.497 e. The molecule has 0 spiro atoms. The molecular formula is C23H24N2O7S. The Hall–Kier alpha value is -3.79. The molecule has 1 amide bonds. The second-order valence-corrected chi connectivity index (χ2v) is 7.54. The summed E-state index contributed by atoms with van der Waals surface area (Å²) in [5.41, 5.74) is 2.21. The van der Waals surface area contributed by atoms with Crippen molar-refractivity contribution in [1.29, 1.82) is 0 Å². The monoisotopic (exact) mass is 472 g/mol. The van der Waals surface area contributed by atoms with E-state index >= 15 is 0 Å².